The Morgan fingerprint density at radius 3 is 2.88 bits per heavy atom. The molecule has 2 unspecified atom stereocenters. The molecule has 0 radical (unpaired) electrons. The molecule has 2 atom stereocenters. The Kier molecular flexibility index (Phi) is 3.99. The standard InChI is InChI=1S/C13H23N3/c1-11(9-16-6-5-14-10-16)8-15-12(2)7-13-3-4-13/h5-6,10-13,15H,3-4,7-9H2,1-2H3. The maximum Gasteiger partial charge on any atom is 0.0946 e. The molecule has 0 amide bonds. The number of rotatable bonds is 7. The van der Waals surface area contributed by atoms with E-state index in [0.717, 1.165) is 19.0 Å². The number of nitrogens with zero attached hydrogens (tertiary/aromatic N) is 2. The molecular formula is C13H23N3. The van der Waals surface area contributed by atoms with Gasteiger partial charge in [0.15, 0.2) is 0 Å². The third kappa shape index (κ3) is 3.97. The lowest BCUT2D eigenvalue weighted by Crippen LogP contribution is -2.32. The van der Waals surface area contributed by atoms with Crippen LogP contribution in [0.4, 0.5) is 0 Å². The highest BCUT2D eigenvalue weighted by Gasteiger charge is 2.23. The molecule has 1 aliphatic rings. The largest absolute Gasteiger partial charge is 0.337 e. The molecule has 1 aliphatic carbocycles. The average Bonchev–Trinajstić information content (AvgIpc) is 2.91. The minimum atomic E-state index is 0.663. The van der Waals surface area contributed by atoms with Gasteiger partial charge in [0.1, 0.15) is 0 Å². The molecule has 90 valence electrons. The Bertz CT molecular complexity index is 290. The van der Waals surface area contributed by atoms with Gasteiger partial charge in [-0.3, -0.25) is 0 Å². The van der Waals surface area contributed by atoms with Gasteiger partial charge in [-0.25, -0.2) is 4.98 Å². The lowest BCUT2D eigenvalue weighted by Gasteiger charge is -2.17. The first-order chi connectivity index (χ1) is 7.74. The molecule has 0 saturated heterocycles. The van der Waals surface area contributed by atoms with Crippen molar-refractivity contribution in [3.05, 3.63) is 18.7 Å². The molecule has 1 aromatic heterocycles. The first kappa shape index (κ1) is 11.6. The summed E-state index contributed by atoms with van der Waals surface area (Å²) in [5.41, 5.74) is 0. The van der Waals surface area contributed by atoms with E-state index in [4.69, 9.17) is 0 Å². The normalized spacial score (nSPS) is 19.6. The van der Waals surface area contributed by atoms with Crippen molar-refractivity contribution in [2.45, 2.75) is 45.7 Å². The second-order valence-corrected chi connectivity index (χ2v) is 5.35. The second kappa shape index (κ2) is 5.48. The van der Waals surface area contributed by atoms with E-state index in [1.165, 1.54) is 19.3 Å². The molecule has 0 spiro atoms. The molecule has 0 aromatic carbocycles. The summed E-state index contributed by atoms with van der Waals surface area (Å²) in [4.78, 5) is 4.06. The van der Waals surface area contributed by atoms with Crippen molar-refractivity contribution < 1.29 is 0 Å². The highest BCUT2D eigenvalue weighted by Crippen LogP contribution is 2.33. The Hall–Kier alpha value is -0.830. The highest BCUT2D eigenvalue weighted by atomic mass is 15.0. The van der Waals surface area contributed by atoms with Crippen molar-refractivity contribution in [2.24, 2.45) is 11.8 Å². The van der Waals surface area contributed by atoms with E-state index >= 15 is 0 Å². The van der Waals surface area contributed by atoms with Crippen LogP contribution >= 0.6 is 0 Å². The quantitative estimate of drug-likeness (QED) is 0.765. The van der Waals surface area contributed by atoms with Gasteiger partial charge in [0.05, 0.1) is 6.33 Å². The zero-order valence-corrected chi connectivity index (χ0v) is 10.4. The molecule has 1 N–H and O–H groups in total. The number of imidazole rings is 1. The van der Waals surface area contributed by atoms with Crippen LogP contribution in [0.25, 0.3) is 0 Å². The maximum atomic E-state index is 4.06. The second-order valence-electron chi connectivity index (χ2n) is 5.35. The van der Waals surface area contributed by atoms with Crippen LogP contribution in [0.3, 0.4) is 0 Å². The fraction of sp³-hybridized carbons (Fsp3) is 0.769. The topological polar surface area (TPSA) is 29.9 Å². The SMILES string of the molecule is CC(CNC(C)CC1CC1)Cn1ccnc1. The lowest BCUT2D eigenvalue weighted by atomic mass is 10.1. The van der Waals surface area contributed by atoms with Crippen molar-refractivity contribution in [1.82, 2.24) is 14.9 Å². The van der Waals surface area contributed by atoms with E-state index in [-0.39, 0.29) is 0 Å². The molecule has 1 fully saturated rings. The smallest absolute Gasteiger partial charge is 0.0946 e. The maximum absolute atomic E-state index is 4.06. The number of hydrogen-bond acceptors (Lipinski definition) is 2. The van der Waals surface area contributed by atoms with Gasteiger partial charge in [-0.2, -0.15) is 0 Å². The summed E-state index contributed by atoms with van der Waals surface area (Å²) in [6, 6.07) is 0.678. The highest BCUT2D eigenvalue weighted by molar-refractivity contribution is 4.79. The summed E-state index contributed by atoms with van der Waals surface area (Å²) in [5, 5.41) is 3.63. The van der Waals surface area contributed by atoms with Crippen molar-refractivity contribution in [2.75, 3.05) is 6.54 Å². The Morgan fingerprint density at radius 1 is 1.44 bits per heavy atom. The van der Waals surface area contributed by atoms with E-state index in [2.05, 4.69) is 28.7 Å². The Balaban J connectivity index is 1.60. The van der Waals surface area contributed by atoms with E-state index < -0.39 is 0 Å². The van der Waals surface area contributed by atoms with Crippen LogP contribution in [0.1, 0.15) is 33.1 Å². The third-order valence-corrected chi connectivity index (χ3v) is 3.28. The minimum absolute atomic E-state index is 0.663. The van der Waals surface area contributed by atoms with Crippen LogP contribution < -0.4 is 5.32 Å². The first-order valence-electron chi connectivity index (χ1n) is 6.43. The molecule has 0 aliphatic heterocycles. The summed E-state index contributed by atoms with van der Waals surface area (Å²) in [6.07, 6.45) is 10.0. The molecular weight excluding hydrogens is 198 g/mol. The van der Waals surface area contributed by atoms with Gasteiger partial charge >= 0.3 is 0 Å². The Morgan fingerprint density at radius 2 is 2.25 bits per heavy atom. The summed E-state index contributed by atoms with van der Waals surface area (Å²) < 4.78 is 2.15. The minimum Gasteiger partial charge on any atom is -0.337 e. The van der Waals surface area contributed by atoms with Gasteiger partial charge < -0.3 is 9.88 Å². The first-order valence-corrected chi connectivity index (χ1v) is 6.43. The van der Waals surface area contributed by atoms with Crippen LogP contribution in [0.5, 0.6) is 0 Å². The molecule has 0 bridgehead atoms. The summed E-state index contributed by atoms with van der Waals surface area (Å²) in [5.74, 6) is 1.68. The fourth-order valence-electron chi connectivity index (χ4n) is 2.16. The molecule has 16 heavy (non-hydrogen) atoms. The van der Waals surface area contributed by atoms with Crippen molar-refractivity contribution >= 4 is 0 Å². The van der Waals surface area contributed by atoms with E-state index in [9.17, 15) is 0 Å². The monoisotopic (exact) mass is 221 g/mol. The van der Waals surface area contributed by atoms with Crippen molar-refractivity contribution in [3.63, 3.8) is 0 Å². The van der Waals surface area contributed by atoms with Gasteiger partial charge in [0, 0.05) is 25.0 Å². The molecule has 1 saturated carbocycles. The van der Waals surface area contributed by atoms with Gasteiger partial charge in [0.25, 0.3) is 0 Å². The number of aromatic nitrogens is 2. The van der Waals surface area contributed by atoms with Crippen LogP contribution in [-0.4, -0.2) is 22.1 Å². The van der Waals surface area contributed by atoms with E-state index in [1.54, 1.807) is 0 Å². The predicted molar refractivity (Wildman–Crippen MR) is 66.2 cm³/mol. The zero-order chi connectivity index (χ0) is 11.4. The average molecular weight is 221 g/mol. The van der Waals surface area contributed by atoms with Crippen molar-refractivity contribution in [1.29, 1.82) is 0 Å². The zero-order valence-electron chi connectivity index (χ0n) is 10.4. The van der Waals surface area contributed by atoms with E-state index in [1.807, 2.05) is 18.7 Å². The van der Waals surface area contributed by atoms with Crippen LogP contribution in [0, 0.1) is 11.8 Å². The van der Waals surface area contributed by atoms with Crippen LogP contribution in [0.2, 0.25) is 0 Å². The Labute approximate surface area is 98.3 Å². The van der Waals surface area contributed by atoms with Crippen LogP contribution in [-0.2, 0) is 6.54 Å². The van der Waals surface area contributed by atoms with Gasteiger partial charge in [0.2, 0.25) is 0 Å². The lowest BCUT2D eigenvalue weighted by molar-refractivity contribution is 0.399. The van der Waals surface area contributed by atoms with Gasteiger partial charge in [-0.1, -0.05) is 19.8 Å². The molecule has 2 rings (SSSR count). The summed E-state index contributed by atoms with van der Waals surface area (Å²) >= 11 is 0. The number of nitrogens with one attached hydrogen (secondary N) is 1. The number of hydrogen-bond donors (Lipinski definition) is 1. The van der Waals surface area contributed by atoms with Gasteiger partial charge in [-0.15, -0.1) is 0 Å². The van der Waals surface area contributed by atoms with Gasteiger partial charge in [-0.05, 0) is 31.7 Å². The fourth-order valence-corrected chi connectivity index (χ4v) is 2.16. The molecule has 3 heteroatoms. The predicted octanol–water partition coefficient (Wildman–Crippen LogP) is 2.30. The van der Waals surface area contributed by atoms with Crippen LogP contribution in [0.15, 0.2) is 18.7 Å². The third-order valence-electron chi connectivity index (χ3n) is 3.28. The molecule has 1 heterocycles. The van der Waals surface area contributed by atoms with Crippen molar-refractivity contribution in [3.8, 4) is 0 Å². The van der Waals surface area contributed by atoms with E-state index in [0.29, 0.717) is 12.0 Å². The summed E-state index contributed by atoms with van der Waals surface area (Å²) in [6.45, 7) is 6.76. The summed E-state index contributed by atoms with van der Waals surface area (Å²) in [7, 11) is 0. The molecule has 1 aromatic rings. The molecule has 3 nitrogen and oxygen atoms in total.